The maximum atomic E-state index is 13.1. The molecule has 42 heavy (non-hydrogen) atoms. The Balaban J connectivity index is 1.27. The summed E-state index contributed by atoms with van der Waals surface area (Å²) in [6.07, 6.45) is 7.05. The highest BCUT2D eigenvalue weighted by Crippen LogP contribution is 2.40. The van der Waals surface area contributed by atoms with Crippen LogP contribution in [-0.2, 0) is 25.8 Å². The summed E-state index contributed by atoms with van der Waals surface area (Å²) in [5.41, 5.74) is 6.94. The molecule has 0 bridgehead atoms. The summed E-state index contributed by atoms with van der Waals surface area (Å²) in [5.74, 6) is -3.25. The van der Waals surface area contributed by atoms with Crippen LogP contribution in [0.5, 0.6) is 0 Å². The molecule has 216 valence electrons. The highest BCUT2D eigenvalue weighted by Gasteiger charge is 2.54. The summed E-state index contributed by atoms with van der Waals surface area (Å²) < 4.78 is 1.79. The number of anilines is 1. The van der Waals surface area contributed by atoms with Crippen molar-refractivity contribution < 1.29 is 38.8 Å². The van der Waals surface area contributed by atoms with Crippen molar-refractivity contribution in [3.8, 4) is 0 Å². The van der Waals surface area contributed by atoms with Gasteiger partial charge in [0.15, 0.2) is 35.5 Å². The molecule has 14 nitrogen and oxygen atoms in total. The first-order valence-corrected chi connectivity index (χ1v) is 14.9. The van der Waals surface area contributed by atoms with E-state index >= 15 is 0 Å². The average molecular weight is 629 g/mol. The van der Waals surface area contributed by atoms with Crippen molar-refractivity contribution in [1.29, 1.82) is 0 Å². The monoisotopic (exact) mass is 628 g/mol. The summed E-state index contributed by atoms with van der Waals surface area (Å²) in [6, 6.07) is 2.68. The number of rotatable bonds is 10. The number of fused-ring (bicyclic) bond motifs is 1. The van der Waals surface area contributed by atoms with E-state index in [1.807, 2.05) is 12.1 Å². The second-order valence-corrected chi connectivity index (χ2v) is 11.7. The number of pyridine rings is 1. The Kier molecular flexibility index (Phi) is 8.32. The summed E-state index contributed by atoms with van der Waals surface area (Å²) in [4.78, 5) is 63.3. The topological polar surface area (TPSA) is 201 Å². The number of carboxylic acids is 2. The number of oxime groups is 1. The standard InChI is InChI=1S/C25H21N7O7S3/c1-39-30-17(14-10-42-25(26)28-14)20(33)29-18-21(34)32-19(24(37)38)13(9-41-22(18)32)8-31-6-4-12(5-7-31)2-3-16-27-15(11-40-16)23(35)36/h2-7,10-11,18,22H,8-9H2,1H3,(H4-,26,28,29,33,35,36,37,38)/p+1/b3-2+,30-17-/t18-,22-/m1/s1. The Hall–Kier alpha value is -4.61. The lowest BCUT2D eigenvalue weighted by Gasteiger charge is -2.49. The summed E-state index contributed by atoms with van der Waals surface area (Å²) in [5, 5.41) is 28.5. The van der Waals surface area contributed by atoms with Crippen LogP contribution in [0.15, 0.2) is 51.7 Å². The fraction of sp³-hybridized carbons (Fsp3) is 0.200. The minimum atomic E-state index is -1.24. The molecule has 5 heterocycles. The molecule has 1 fully saturated rings. The average Bonchev–Trinajstić information content (AvgIpc) is 3.63. The first kappa shape index (κ1) is 28.9. The first-order valence-electron chi connectivity index (χ1n) is 12.1. The van der Waals surface area contributed by atoms with Gasteiger partial charge in [-0.05, 0) is 11.6 Å². The predicted molar refractivity (Wildman–Crippen MR) is 154 cm³/mol. The molecule has 2 aliphatic rings. The number of carboxylic acid groups (broad SMARTS) is 2. The molecule has 0 spiro atoms. The number of aliphatic carboxylic acids is 1. The quantitative estimate of drug-likeness (QED) is 0.109. The van der Waals surface area contributed by atoms with Crippen molar-refractivity contribution in [3.05, 3.63) is 68.5 Å². The third-order valence-electron chi connectivity index (χ3n) is 6.15. The van der Waals surface area contributed by atoms with Crippen molar-refractivity contribution in [1.82, 2.24) is 20.2 Å². The molecule has 0 radical (unpaired) electrons. The Morgan fingerprint density at radius 2 is 1.90 bits per heavy atom. The van der Waals surface area contributed by atoms with Gasteiger partial charge in [-0.3, -0.25) is 14.5 Å². The molecule has 5 rings (SSSR count). The number of nitrogen functional groups attached to an aromatic ring is 1. The van der Waals surface area contributed by atoms with Gasteiger partial charge in [0.05, 0.1) is 0 Å². The van der Waals surface area contributed by atoms with Crippen molar-refractivity contribution >= 4 is 81.2 Å². The molecule has 0 aromatic carbocycles. The second kappa shape index (κ2) is 12.1. The molecule has 0 aliphatic carbocycles. The molecule has 1 saturated heterocycles. The van der Waals surface area contributed by atoms with E-state index in [-0.39, 0.29) is 34.5 Å². The molecule has 5 N–H and O–H groups in total. The Morgan fingerprint density at radius 3 is 2.52 bits per heavy atom. The van der Waals surface area contributed by atoms with Crippen LogP contribution in [-0.4, -0.2) is 78.8 Å². The zero-order valence-electron chi connectivity index (χ0n) is 21.7. The third-order valence-corrected chi connectivity index (χ3v) is 8.97. The van der Waals surface area contributed by atoms with Crippen LogP contribution in [0, 0.1) is 0 Å². The van der Waals surface area contributed by atoms with E-state index in [1.54, 1.807) is 29.1 Å². The number of thioether (sulfide) groups is 1. The van der Waals surface area contributed by atoms with E-state index in [2.05, 4.69) is 20.4 Å². The van der Waals surface area contributed by atoms with Crippen LogP contribution in [0.1, 0.15) is 26.8 Å². The van der Waals surface area contributed by atoms with Gasteiger partial charge in [-0.2, -0.15) is 0 Å². The molecule has 0 unspecified atom stereocenters. The van der Waals surface area contributed by atoms with E-state index in [0.717, 1.165) is 16.9 Å². The summed E-state index contributed by atoms with van der Waals surface area (Å²) in [7, 11) is 1.27. The lowest BCUT2D eigenvalue weighted by Crippen LogP contribution is -2.71. The molecular weight excluding hydrogens is 607 g/mol. The van der Waals surface area contributed by atoms with E-state index in [9.17, 15) is 24.3 Å². The van der Waals surface area contributed by atoms with Crippen molar-refractivity contribution in [2.24, 2.45) is 5.16 Å². The highest BCUT2D eigenvalue weighted by molar-refractivity contribution is 8.00. The zero-order chi connectivity index (χ0) is 30.0. The largest absolute Gasteiger partial charge is 0.477 e. The number of hydrogen-bond acceptors (Lipinski definition) is 12. The number of hydrogen-bond donors (Lipinski definition) is 4. The van der Waals surface area contributed by atoms with Gasteiger partial charge in [0.2, 0.25) is 0 Å². The Morgan fingerprint density at radius 1 is 1.17 bits per heavy atom. The van der Waals surface area contributed by atoms with Gasteiger partial charge >= 0.3 is 11.9 Å². The molecule has 3 aromatic rings. The Bertz CT molecular complexity index is 1660. The summed E-state index contributed by atoms with van der Waals surface area (Å²) >= 11 is 3.68. The maximum Gasteiger partial charge on any atom is 0.355 e. The van der Waals surface area contributed by atoms with Crippen LogP contribution < -0.4 is 15.6 Å². The summed E-state index contributed by atoms with van der Waals surface area (Å²) in [6.45, 7) is 0.233. The molecule has 17 heteroatoms. The number of amides is 2. The van der Waals surface area contributed by atoms with Crippen LogP contribution in [0.2, 0.25) is 0 Å². The maximum absolute atomic E-state index is 13.1. The Labute approximate surface area is 249 Å². The number of aromatic carboxylic acids is 1. The molecule has 2 aliphatic heterocycles. The lowest BCUT2D eigenvalue weighted by molar-refractivity contribution is -0.689. The first-order chi connectivity index (χ1) is 20.2. The van der Waals surface area contributed by atoms with Crippen LogP contribution in [0.4, 0.5) is 5.13 Å². The number of nitrogens with zero attached hydrogens (tertiary/aromatic N) is 5. The van der Waals surface area contributed by atoms with Gasteiger partial charge in [0.25, 0.3) is 11.8 Å². The second-order valence-electron chi connectivity index (χ2n) is 8.82. The van der Waals surface area contributed by atoms with Crippen LogP contribution in [0.3, 0.4) is 0 Å². The SMILES string of the molecule is CO/N=C(\C(=O)N[C@@H]1C(=O)N2C(C(=O)O)=C(C[n+]3ccc(/C=C/c4nc(C(=O)O)cs4)cc3)CS[C@H]12)c1csc(N)n1. The number of thiazole rings is 2. The van der Waals surface area contributed by atoms with Gasteiger partial charge in [-0.1, -0.05) is 11.2 Å². The molecule has 2 atom stereocenters. The predicted octanol–water partition coefficient (Wildman–Crippen LogP) is 1.13. The van der Waals surface area contributed by atoms with Crippen LogP contribution >= 0.6 is 34.4 Å². The molecule has 0 saturated carbocycles. The number of β-lactam (4-membered cyclic amide) rings is 1. The number of nitrogens with two attached hydrogens (primary N) is 1. The van der Waals surface area contributed by atoms with Crippen molar-refractivity contribution in [3.63, 3.8) is 0 Å². The van der Waals surface area contributed by atoms with Gasteiger partial charge < -0.3 is 26.1 Å². The van der Waals surface area contributed by atoms with E-state index < -0.39 is 35.2 Å². The lowest BCUT2D eigenvalue weighted by atomic mass is 10.0. The fourth-order valence-corrected chi connectivity index (χ4v) is 6.81. The smallest absolute Gasteiger partial charge is 0.355 e. The van der Waals surface area contributed by atoms with Gasteiger partial charge in [0.1, 0.15) is 34.9 Å². The van der Waals surface area contributed by atoms with E-state index in [1.165, 1.54) is 45.9 Å². The number of nitrogens with one attached hydrogen (secondary N) is 1. The fourth-order valence-electron chi connectivity index (χ4n) is 4.24. The van der Waals surface area contributed by atoms with Crippen molar-refractivity contribution in [2.75, 3.05) is 18.6 Å². The molecule has 2 amide bonds. The number of carbonyl (C=O) groups excluding carboxylic acids is 2. The highest BCUT2D eigenvalue weighted by atomic mass is 32.2. The van der Waals surface area contributed by atoms with E-state index in [4.69, 9.17) is 15.7 Å². The third kappa shape index (κ3) is 5.88. The van der Waals surface area contributed by atoms with E-state index in [0.29, 0.717) is 16.3 Å². The minimum absolute atomic E-state index is 0.0130. The number of aromatic nitrogens is 3. The van der Waals surface area contributed by atoms with Gasteiger partial charge in [0, 0.05) is 34.2 Å². The zero-order valence-corrected chi connectivity index (χ0v) is 24.1. The molecular formula is C25H22N7O7S3+. The minimum Gasteiger partial charge on any atom is -0.477 e. The normalized spacial score (nSPS) is 18.5. The van der Waals surface area contributed by atoms with Crippen molar-refractivity contribution in [2.45, 2.75) is 18.0 Å². The van der Waals surface area contributed by atoms with Crippen LogP contribution in [0.25, 0.3) is 12.2 Å². The number of carbonyl (C=O) groups is 4. The molecule has 3 aromatic heterocycles. The van der Waals surface area contributed by atoms with Gasteiger partial charge in [-0.15, -0.1) is 34.4 Å². The van der Waals surface area contributed by atoms with Gasteiger partial charge in [-0.25, -0.2) is 24.1 Å².